The maximum atomic E-state index is 13.8. The second-order valence-corrected chi connectivity index (χ2v) is 7.22. The molecule has 0 spiro atoms. The fraction of sp³-hybridized carbons (Fsp3) is 0.273. The molecule has 152 valence electrons. The first-order valence-electron chi connectivity index (χ1n) is 9.34. The molecule has 0 bridgehead atoms. The third kappa shape index (κ3) is 4.85. The zero-order valence-corrected chi connectivity index (χ0v) is 16.1. The van der Waals surface area contributed by atoms with Gasteiger partial charge in [0.25, 0.3) is 5.91 Å². The van der Waals surface area contributed by atoms with Crippen LogP contribution in [0.1, 0.15) is 47.9 Å². The second-order valence-electron chi connectivity index (χ2n) is 7.22. The third-order valence-corrected chi connectivity index (χ3v) is 4.50. The van der Waals surface area contributed by atoms with Crippen molar-refractivity contribution in [2.75, 3.05) is 0 Å². The largest absolute Gasteiger partial charge is 0.434 e. The summed E-state index contributed by atoms with van der Waals surface area (Å²) in [5, 5.41) is 6.62. The van der Waals surface area contributed by atoms with Gasteiger partial charge >= 0.3 is 6.18 Å². The van der Waals surface area contributed by atoms with E-state index in [-0.39, 0.29) is 11.6 Å². The standard InChI is InChI=1S/C22H22F3N3O/c1-15(2)13-19(16-9-5-3-6-10-16)27-21(29)18-14-26-28(20(18)22(23,24)25)17-11-7-4-8-12-17/h3-12,14-15,19H,13H2,1-2H3,(H,27,29). The number of benzene rings is 2. The van der Waals surface area contributed by atoms with Gasteiger partial charge in [0.1, 0.15) is 0 Å². The smallest absolute Gasteiger partial charge is 0.345 e. The van der Waals surface area contributed by atoms with Gasteiger partial charge in [-0.15, -0.1) is 0 Å². The molecule has 7 heteroatoms. The molecule has 0 saturated heterocycles. The molecule has 1 N–H and O–H groups in total. The summed E-state index contributed by atoms with van der Waals surface area (Å²) in [7, 11) is 0. The number of hydrogen-bond donors (Lipinski definition) is 1. The number of hydrogen-bond acceptors (Lipinski definition) is 2. The van der Waals surface area contributed by atoms with E-state index in [1.807, 2.05) is 44.2 Å². The Morgan fingerprint density at radius 3 is 2.17 bits per heavy atom. The van der Waals surface area contributed by atoms with Gasteiger partial charge in [0.05, 0.1) is 23.5 Å². The molecule has 1 aromatic heterocycles. The number of alkyl halides is 3. The molecule has 1 heterocycles. The highest BCUT2D eigenvalue weighted by Gasteiger charge is 2.40. The Hall–Kier alpha value is -3.09. The summed E-state index contributed by atoms with van der Waals surface area (Å²) in [6, 6.07) is 16.8. The zero-order chi connectivity index (χ0) is 21.0. The summed E-state index contributed by atoms with van der Waals surface area (Å²) in [5.41, 5.74) is -0.497. The molecule has 0 saturated carbocycles. The lowest BCUT2D eigenvalue weighted by atomic mass is 9.96. The maximum absolute atomic E-state index is 13.8. The minimum atomic E-state index is -4.74. The van der Waals surface area contributed by atoms with E-state index in [0.29, 0.717) is 6.42 Å². The summed E-state index contributed by atoms with van der Waals surface area (Å²) in [6.45, 7) is 3.99. The summed E-state index contributed by atoms with van der Waals surface area (Å²) >= 11 is 0. The zero-order valence-electron chi connectivity index (χ0n) is 16.1. The van der Waals surface area contributed by atoms with Crippen molar-refractivity contribution in [1.82, 2.24) is 15.1 Å². The molecule has 3 aromatic rings. The molecule has 1 unspecified atom stereocenters. The van der Waals surface area contributed by atoms with Crippen molar-refractivity contribution >= 4 is 5.91 Å². The van der Waals surface area contributed by atoms with Crippen LogP contribution < -0.4 is 5.32 Å². The normalized spacial score (nSPS) is 12.8. The van der Waals surface area contributed by atoms with E-state index in [0.717, 1.165) is 16.4 Å². The molecule has 2 aromatic carbocycles. The van der Waals surface area contributed by atoms with Crippen molar-refractivity contribution in [3.8, 4) is 5.69 Å². The van der Waals surface area contributed by atoms with Crippen LogP contribution in [-0.4, -0.2) is 15.7 Å². The van der Waals surface area contributed by atoms with E-state index in [1.165, 1.54) is 12.1 Å². The van der Waals surface area contributed by atoms with E-state index in [1.54, 1.807) is 18.2 Å². The lowest BCUT2D eigenvalue weighted by molar-refractivity contribution is -0.143. The van der Waals surface area contributed by atoms with Crippen LogP contribution in [0.5, 0.6) is 0 Å². The molecule has 1 atom stereocenters. The monoisotopic (exact) mass is 401 g/mol. The van der Waals surface area contributed by atoms with Crippen LogP contribution in [0.4, 0.5) is 13.2 Å². The van der Waals surface area contributed by atoms with Gasteiger partial charge in [-0.05, 0) is 30.0 Å². The Morgan fingerprint density at radius 1 is 1.03 bits per heavy atom. The van der Waals surface area contributed by atoms with Crippen LogP contribution in [-0.2, 0) is 6.18 Å². The van der Waals surface area contributed by atoms with Gasteiger partial charge < -0.3 is 5.32 Å². The highest BCUT2D eigenvalue weighted by Crippen LogP contribution is 2.34. The average molecular weight is 401 g/mol. The predicted molar refractivity (Wildman–Crippen MR) is 105 cm³/mol. The van der Waals surface area contributed by atoms with Crippen LogP contribution in [0.3, 0.4) is 0 Å². The van der Waals surface area contributed by atoms with Crippen LogP contribution >= 0.6 is 0 Å². The number of nitrogens with one attached hydrogen (secondary N) is 1. The predicted octanol–water partition coefficient (Wildman–Crippen LogP) is 5.41. The van der Waals surface area contributed by atoms with Crippen LogP contribution in [0.15, 0.2) is 66.9 Å². The lowest BCUT2D eigenvalue weighted by Gasteiger charge is -2.21. The van der Waals surface area contributed by atoms with Crippen LogP contribution in [0.2, 0.25) is 0 Å². The first-order valence-corrected chi connectivity index (χ1v) is 9.34. The van der Waals surface area contributed by atoms with E-state index >= 15 is 0 Å². The Bertz CT molecular complexity index is 950. The van der Waals surface area contributed by atoms with Crippen LogP contribution in [0.25, 0.3) is 5.69 Å². The van der Waals surface area contributed by atoms with Crippen molar-refractivity contribution in [1.29, 1.82) is 0 Å². The minimum absolute atomic E-state index is 0.237. The van der Waals surface area contributed by atoms with E-state index in [4.69, 9.17) is 0 Å². The molecule has 1 amide bonds. The van der Waals surface area contributed by atoms with Crippen LogP contribution in [0, 0.1) is 5.92 Å². The first kappa shape index (κ1) is 20.6. The van der Waals surface area contributed by atoms with Crippen molar-refractivity contribution in [2.45, 2.75) is 32.5 Å². The summed E-state index contributed by atoms with van der Waals surface area (Å²) in [5.74, 6) is -0.552. The highest BCUT2D eigenvalue weighted by molar-refractivity contribution is 5.95. The molecule has 0 radical (unpaired) electrons. The summed E-state index contributed by atoms with van der Waals surface area (Å²) in [6.07, 6.45) is -3.16. The molecule has 0 aliphatic rings. The van der Waals surface area contributed by atoms with Gasteiger partial charge in [0.2, 0.25) is 0 Å². The van der Waals surface area contributed by atoms with Gasteiger partial charge in [-0.25, -0.2) is 4.68 Å². The van der Waals surface area contributed by atoms with E-state index < -0.39 is 29.4 Å². The van der Waals surface area contributed by atoms with E-state index in [2.05, 4.69) is 10.4 Å². The number of para-hydroxylation sites is 1. The second kappa shape index (κ2) is 8.51. The highest BCUT2D eigenvalue weighted by atomic mass is 19.4. The Morgan fingerprint density at radius 2 is 1.62 bits per heavy atom. The SMILES string of the molecule is CC(C)CC(NC(=O)c1cnn(-c2ccccc2)c1C(F)(F)F)c1ccccc1. The van der Waals surface area contributed by atoms with Gasteiger partial charge in [-0.2, -0.15) is 18.3 Å². The Balaban J connectivity index is 1.97. The number of carbonyl (C=O) groups excluding carboxylic acids is 1. The number of rotatable bonds is 6. The van der Waals surface area contributed by atoms with Crippen molar-refractivity contribution in [2.24, 2.45) is 5.92 Å². The van der Waals surface area contributed by atoms with Gasteiger partial charge in [0.15, 0.2) is 5.69 Å². The number of nitrogens with zero attached hydrogens (tertiary/aromatic N) is 2. The average Bonchev–Trinajstić information content (AvgIpc) is 3.14. The molecular weight excluding hydrogens is 379 g/mol. The molecule has 3 rings (SSSR count). The van der Waals surface area contributed by atoms with Crippen molar-refractivity contribution in [3.05, 3.63) is 83.7 Å². The maximum Gasteiger partial charge on any atom is 0.434 e. The topological polar surface area (TPSA) is 46.9 Å². The van der Waals surface area contributed by atoms with Crippen molar-refractivity contribution < 1.29 is 18.0 Å². The quantitative estimate of drug-likeness (QED) is 0.600. The molecular formula is C22H22F3N3O. The fourth-order valence-electron chi connectivity index (χ4n) is 3.22. The van der Waals surface area contributed by atoms with E-state index in [9.17, 15) is 18.0 Å². The molecule has 0 fully saturated rings. The van der Waals surface area contributed by atoms with Crippen molar-refractivity contribution in [3.63, 3.8) is 0 Å². The number of amides is 1. The number of aromatic nitrogens is 2. The number of carbonyl (C=O) groups is 1. The molecule has 29 heavy (non-hydrogen) atoms. The Kier molecular flexibility index (Phi) is 6.06. The van der Waals surface area contributed by atoms with Gasteiger partial charge in [-0.1, -0.05) is 62.4 Å². The first-order chi connectivity index (χ1) is 13.8. The molecule has 0 aliphatic heterocycles. The van der Waals surface area contributed by atoms with Gasteiger partial charge in [-0.3, -0.25) is 4.79 Å². The number of halogens is 3. The Labute approximate surface area is 167 Å². The van der Waals surface area contributed by atoms with Gasteiger partial charge in [0, 0.05) is 0 Å². The third-order valence-electron chi connectivity index (χ3n) is 4.50. The minimum Gasteiger partial charge on any atom is -0.345 e. The molecule has 4 nitrogen and oxygen atoms in total. The molecule has 0 aliphatic carbocycles. The summed E-state index contributed by atoms with van der Waals surface area (Å²) in [4.78, 5) is 12.9. The lowest BCUT2D eigenvalue weighted by Crippen LogP contribution is -2.31. The fourth-order valence-corrected chi connectivity index (χ4v) is 3.22. The summed E-state index contributed by atoms with van der Waals surface area (Å²) < 4.78 is 42.2.